The Hall–Kier alpha value is -2.30. The van der Waals surface area contributed by atoms with Crippen LogP contribution in [-0.4, -0.2) is 21.6 Å². The van der Waals surface area contributed by atoms with E-state index in [0.29, 0.717) is 10.6 Å². The van der Waals surface area contributed by atoms with Crippen molar-refractivity contribution in [1.82, 2.24) is 9.97 Å². The van der Waals surface area contributed by atoms with Gasteiger partial charge in [0.05, 0.1) is 22.3 Å². The highest BCUT2D eigenvalue weighted by molar-refractivity contribution is 7.99. The summed E-state index contributed by atoms with van der Waals surface area (Å²) < 4.78 is 0. The quantitative estimate of drug-likeness (QED) is 0.679. The molecule has 7 heteroatoms. The molecule has 0 aliphatic heterocycles. The topological polar surface area (TPSA) is 81.6 Å². The number of amides is 1. The van der Waals surface area contributed by atoms with Gasteiger partial charge in [-0.15, -0.1) is 11.3 Å². The van der Waals surface area contributed by atoms with Crippen LogP contribution >= 0.6 is 23.1 Å². The number of carbonyl (C=O) groups excluding carboxylic acids is 1. The molecule has 1 amide bonds. The molecule has 126 valence electrons. The lowest BCUT2D eigenvalue weighted by atomic mass is 9.96. The first kappa shape index (κ1) is 16.2. The molecule has 4 rings (SSSR count). The number of nitrogens with zero attached hydrogens (tertiary/aromatic N) is 2. The third kappa shape index (κ3) is 3.28. The number of benzene rings is 1. The summed E-state index contributed by atoms with van der Waals surface area (Å²) in [6.45, 7) is 0. The largest absolute Gasteiger partial charge is 0.333 e. The summed E-state index contributed by atoms with van der Waals surface area (Å²) in [4.78, 5) is 21.2. The van der Waals surface area contributed by atoms with Gasteiger partial charge in [-0.3, -0.25) is 4.79 Å². The van der Waals surface area contributed by atoms with Crippen LogP contribution in [-0.2, 0) is 17.6 Å². The molecule has 1 aliphatic rings. The number of fused-ring (bicyclic) bond motifs is 2. The lowest BCUT2D eigenvalue weighted by Crippen LogP contribution is -2.14. The van der Waals surface area contributed by atoms with Crippen LogP contribution in [0.1, 0.15) is 28.8 Å². The van der Waals surface area contributed by atoms with E-state index < -0.39 is 0 Å². The van der Waals surface area contributed by atoms with Crippen molar-refractivity contribution in [2.75, 3.05) is 11.1 Å². The number of anilines is 1. The maximum absolute atomic E-state index is 12.3. The van der Waals surface area contributed by atoms with Gasteiger partial charge < -0.3 is 10.3 Å². The third-order valence-electron chi connectivity index (χ3n) is 4.24. The second-order valence-electron chi connectivity index (χ2n) is 5.92. The summed E-state index contributed by atoms with van der Waals surface area (Å²) in [5.74, 6) is 0.147. The number of thioether (sulfide) groups is 1. The van der Waals surface area contributed by atoms with E-state index in [2.05, 4.69) is 21.4 Å². The first-order valence-electron chi connectivity index (χ1n) is 8.16. The highest BCUT2D eigenvalue weighted by Crippen LogP contribution is 2.37. The summed E-state index contributed by atoms with van der Waals surface area (Å²) in [6.07, 6.45) is 4.23. The molecule has 1 aromatic carbocycles. The van der Waals surface area contributed by atoms with E-state index in [-0.39, 0.29) is 11.7 Å². The van der Waals surface area contributed by atoms with Crippen molar-refractivity contribution in [1.29, 1.82) is 5.26 Å². The average Bonchev–Trinajstić information content (AvgIpc) is 3.20. The first-order chi connectivity index (χ1) is 12.2. The Morgan fingerprint density at radius 2 is 2.20 bits per heavy atom. The molecule has 5 nitrogen and oxygen atoms in total. The SMILES string of the molecule is N#Cc1c(NC(=O)CSc2nc3ccccc3[nH]2)sc2c1CCCC2. The van der Waals surface area contributed by atoms with E-state index >= 15 is 0 Å². The van der Waals surface area contributed by atoms with Crippen molar-refractivity contribution in [3.63, 3.8) is 0 Å². The number of aromatic nitrogens is 2. The Labute approximate surface area is 153 Å². The molecule has 2 heterocycles. The second-order valence-corrected chi connectivity index (χ2v) is 7.99. The number of carbonyl (C=O) groups is 1. The van der Waals surface area contributed by atoms with E-state index in [1.807, 2.05) is 24.3 Å². The van der Waals surface area contributed by atoms with Gasteiger partial charge in [-0.1, -0.05) is 23.9 Å². The van der Waals surface area contributed by atoms with Gasteiger partial charge in [0.25, 0.3) is 0 Å². The summed E-state index contributed by atoms with van der Waals surface area (Å²) in [7, 11) is 0. The van der Waals surface area contributed by atoms with Crippen LogP contribution in [0.2, 0.25) is 0 Å². The van der Waals surface area contributed by atoms with Gasteiger partial charge in [-0.2, -0.15) is 5.26 Å². The first-order valence-corrected chi connectivity index (χ1v) is 9.97. The highest BCUT2D eigenvalue weighted by Gasteiger charge is 2.21. The zero-order valence-electron chi connectivity index (χ0n) is 13.5. The molecule has 2 N–H and O–H groups in total. The number of H-pyrrole nitrogens is 1. The maximum atomic E-state index is 12.3. The fourth-order valence-corrected chi connectivity index (χ4v) is 5.01. The molecule has 0 unspecified atom stereocenters. The molecular formula is C18H16N4OS2. The number of para-hydroxylation sites is 2. The van der Waals surface area contributed by atoms with Crippen LogP contribution in [0.15, 0.2) is 29.4 Å². The number of rotatable bonds is 4. The molecule has 25 heavy (non-hydrogen) atoms. The number of aromatic amines is 1. The lowest BCUT2D eigenvalue weighted by Gasteiger charge is -2.09. The van der Waals surface area contributed by atoms with Gasteiger partial charge in [0.15, 0.2) is 5.16 Å². The van der Waals surface area contributed by atoms with Crippen LogP contribution < -0.4 is 5.32 Å². The second kappa shape index (κ2) is 6.90. The standard InChI is InChI=1S/C18H16N4OS2/c19-9-12-11-5-1-4-8-15(11)25-17(12)22-16(23)10-24-18-20-13-6-2-3-7-14(13)21-18/h2-3,6-7H,1,4-5,8,10H2,(H,20,21)(H,22,23). The smallest absolute Gasteiger partial charge is 0.235 e. The van der Waals surface area contributed by atoms with Crippen molar-refractivity contribution in [2.45, 2.75) is 30.8 Å². The van der Waals surface area contributed by atoms with Crippen LogP contribution in [0.5, 0.6) is 0 Å². The number of thiophene rings is 1. The predicted octanol–water partition coefficient (Wildman–Crippen LogP) is 4.11. The lowest BCUT2D eigenvalue weighted by molar-refractivity contribution is -0.113. The maximum Gasteiger partial charge on any atom is 0.235 e. The summed E-state index contributed by atoms with van der Waals surface area (Å²) >= 11 is 2.92. The Kier molecular flexibility index (Phi) is 4.47. The van der Waals surface area contributed by atoms with Gasteiger partial charge in [0.1, 0.15) is 11.1 Å². The van der Waals surface area contributed by atoms with Crippen molar-refractivity contribution in [3.05, 3.63) is 40.3 Å². The van der Waals surface area contributed by atoms with Gasteiger partial charge in [0, 0.05) is 4.88 Å². The Morgan fingerprint density at radius 3 is 3.04 bits per heavy atom. The summed E-state index contributed by atoms with van der Waals surface area (Å²) in [6, 6.07) is 10.1. The van der Waals surface area contributed by atoms with Crippen LogP contribution in [0, 0.1) is 11.3 Å². The Morgan fingerprint density at radius 1 is 1.36 bits per heavy atom. The number of hydrogen-bond acceptors (Lipinski definition) is 5. The number of nitrogens with one attached hydrogen (secondary N) is 2. The van der Waals surface area contributed by atoms with Gasteiger partial charge in [-0.25, -0.2) is 4.98 Å². The molecule has 0 fully saturated rings. The van der Waals surface area contributed by atoms with E-state index in [0.717, 1.165) is 47.4 Å². The fourth-order valence-electron chi connectivity index (χ4n) is 3.07. The van der Waals surface area contributed by atoms with Crippen LogP contribution in [0.4, 0.5) is 5.00 Å². The van der Waals surface area contributed by atoms with Gasteiger partial charge >= 0.3 is 0 Å². The van der Waals surface area contributed by atoms with Gasteiger partial charge in [0.2, 0.25) is 5.91 Å². The molecular weight excluding hydrogens is 352 g/mol. The fraction of sp³-hybridized carbons (Fsp3) is 0.278. The molecule has 0 bridgehead atoms. The zero-order valence-corrected chi connectivity index (χ0v) is 15.1. The summed E-state index contributed by atoms with van der Waals surface area (Å²) in [5, 5.41) is 13.8. The van der Waals surface area contributed by atoms with Crippen molar-refractivity contribution in [3.8, 4) is 6.07 Å². The zero-order chi connectivity index (χ0) is 17.2. The molecule has 0 spiro atoms. The molecule has 2 aromatic heterocycles. The molecule has 0 atom stereocenters. The molecule has 0 saturated carbocycles. The molecule has 0 radical (unpaired) electrons. The highest BCUT2D eigenvalue weighted by atomic mass is 32.2. The van der Waals surface area contributed by atoms with Crippen LogP contribution in [0.3, 0.4) is 0 Å². The predicted molar refractivity (Wildman–Crippen MR) is 101 cm³/mol. The van der Waals surface area contributed by atoms with E-state index in [4.69, 9.17) is 0 Å². The van der Waals surface area contributed by atoms with E-state index in [9.17, 15) is 10.1 Å². The number of aryl methyl sites for hydroxylation is 1. The minimum absolute atomic E-state index is 0.111. The molecule has 0 saturated heterocycles. The molecule has 1 aliphatic carbocycles. The van der Waals surface area contributed by atoms with Crippen molar-refractivity contribution in [2.24, 2.45) is 0 Å². The summed E-state index contributed by atoms with van der Waals surface area (Å²) in [5.41, 5.74) is 3.65. The Balaban J connectivity index is 1.44. The number of imidazole rings is 1. The number of nitriles is 1. The molecule has 3 aromatic rings. The Bertz CT molecular complexity index is 950. The monoisotopic (exact) mass is 368 g/mol. The average molecular weight is 368 g/mol. The van der Waals surface area contributed by atoms with Crippen LogP contribution in [0.25, 0.3) is 11.0 Å². The van der Waals surface area contributed by atoms with Crippen molar-refractivity contribution >= 4 is 45.0 Å². The third-order valence-corrected chi connectivity index (χ3v) is 6.32. The minimum Gasteiger partial charge on any atom is -0.333 e. The normalized spacial score (nSPS) is 13.4. The number of hydrogen-bond donors (Lipinski definition) is 2. The van der Waals surface area contributed by atoms with Crippen molar-refractivity contribution < 1.29 is 4.79 Å². The minimum atomic E-state index is -0.111. The van der Waals surface area contributed by atoms with Gasteiger partial charge in [-0.05, 0) is 43.4 Å². The van der Waals surface area contributed by atoms with E-state index in [1.54, 1.807) is 11.3 Å². The van der Waals surface area contributed by atoms with E-state index in [1.165, 1.54) is 16.6 Å².